The average Bonchev–Trinajstić information content (AvgIpc) is 2.89. The van der Waals surface area contributed by atoms with Crippen LogP contribution < -0.4 is 7.69 Å². The molecule has 0 unspecified atom stereocenters. The number of carbonyl (C=O) groups is 2. The molecule has 1 heterocycles. The molecule has 0 bridgehead atoms. The predicted molar refractivity (Wildman–Crippen MR) is 141 cm³/mol. The number of hydrogen-bond acceptors (Lipinski definition) is 4. The Kier molecular flexibility index (Phi) is 6.43. The van der Waals surface area contributed by atoms with Gasteiger partial charge in [0.1, 0.15) is 0 Å². The van der Waals surface area contributed by atoms with Crippen LogP contribution >= 0.6 is 22.7 Å². The topological polar surface area (TPSA) is 34.1 Å². The summed E-state index contributed by atoms with van der Waals surface area (Å²) in [4.78, 5) is 27.0. The van der Waals surface area contributed by atoms with Gasteiger partial charge in [0.05, 0.1) is 18.8 Å². The van der Waals surface area contributed by atoms with E-state index < -0.39 is 0 Å². The highest BCUT2D eigenvalue weighted by Crippen LogP contribution is 2.22. The van der Waals surface area contributed by atoms with Gasteiger partial charge in [-0.3, -0.25) is 9.59 Å². The van der Waals surface area contributed by atoms with E-state index >= 15 is 0 Å². The second-order valence-corrected chi connectivity index (χ2v) is 10.2. The van der Waals surface area contributed by atoms with Gasteiger partial charge >= 0.3 is 0 Å². The van der Waals surface area contributed by atoms with Crippen LogP contribution in [-0.4, -0.2) is 11.6 Å². The van der Waals surface area contributed by atoms with Gasteiger partial charge in [-0.15, -0.1) is 22.7 Å². The summed E-state index contributed by atoms with van der Waals surface area (Å²) in [5.41, 5.74) is 4.39. The molecule has 5 rings (SSSR count). The van der Waals surface area contributed by atoms with Gasteiger partial charge < -0.3 is 0 Å². The van der Waals surface area contributed by atoms with E-state index in [4.69, 9.17) is 0 Å². The number of hydrogen-bond donors (Lipinski definition) is 0. The first-order valence-corrected chi connectivity index (χ1v) is 12.5. The van der Waals surface area contributed by atoms with Crippen LogP contribution in [0.3, 0.4) is 0 Å². The predicted octanol–water partition coefficient (Wildman–Crippen LogP) is 5.97. The van der Waals surface area contributed by atoms with Crippen molar-refractivity contribution in [3.8, 4) is 0 Å². The standard InChI is InChI=1S/C30H20O2S2/c31-27(23-17-9-3-10-18-23)25(21-13-5-1-6-14-21)29-33-30(34-29)26(22-15-7-2-8-16-22)28(32)24-19-11-4-12-20-24/h1-20H. The highest BCUT2D eigenvalue weighted by molar-refractivity contribution is 7.36. The van der Waals surface area contributed by atoms with Crippen LogP contribution in [0.25, 0.3) is 11.1 Å². The van der Waals surface area contributed by atoms with Crippen LogP contribution in [0.15, 0.2) is 121 Å². The van der Waals surface area contributed by atoms with E-state index in [0.717, 1.165) is 18.8 Å². The largest absolute Gasteiger partial charge is 0.289 e. The summed E-state index contributed by atoms with van der Waals surface area (Å²) in [6, 6.07) is 38.1. The molecule has 1 aromatic heterocycles. The third-order valence-electron chi connectivity index (χ3n) is 5.43. The van der Waals surface area contributed by atoms with E-state index in [9.17, 15) is 9.59 Å². The molecule has 34 heavy (non-hydrogen) atoms. The number of ketones is 2. The van der Waals surface area contributed by atoms with Crippen molar-refractivity contribution < 1.29 is 9.59 Å². The minimum absolute atomic E-state index is 0.0171. The maximum absolute atomic E-state index is 13.5. The van der Waals surface area contributed by atoms with E-state index in [-0.39, 0.29) is 11.6 Å². The van der Waals surface area contributed by atoms with E-state index in [0.29, 0.717) is 22.3 Å². The van der Waals surface area contributed by atoms with Crippen molar-refractivity contribution in [3.05, 3.63) is 151 Å². The zero-order chi connectivity index (χ0) is 23.3. The Bertz CT molecular complexity index is 1410. The van der Waals surface area contributed by atoms with Crippen LogP contribution in [0, 0.1) is 0 Å². The molecular weight excluding hydrogens is 456 g/mol. The molecule has 0 saturated carbocycles. The van der Waals surface area contributed by atoms with Crippen LogP contribution in [0.4, 0.5) is 0 Å². The molecule has 0 N–H and O–H groups in total. The van der Waals surface area contributed by atoms with Gasteiger partial charge in [0.25, 0.3) is 0 Å². The molecule has 0 atom stereocenters. The molecule has 164 valence electrons. The molecule has 4 heteroatoms. The Morgan fingerprint density at radius 2 is 0.647 bits per heavy atom. The van der Waals surface area contributed by atoms with Crippen molar-refractivity contribution in [1.29, 1.82) is 0 Å². The zero-order valence-electron chi connectivity index (χ0n) is 18.2. The van der Waals surface area contributed by atoms with Crippen molar-refractivity contribution in [1.82, 2.24) is 0 Å². The zero-order valence-corrected chi connectivity index (χ0v) is 19.8. The lowest BCUT2D eigenvalue weighted by Crippen LogP contribution is -2.23. The Morgan fingerprint density at radius 1 is 0.382 bits per heavy atom. The number of rotatable bonds is 6. The van der Waals surface area contributed by atoms with Crippen molar-refractivity contribution >= 4 is 45.4 Å². The lowest BCUT2D eigenvalue weighted by Gasteiger charge is -2.11. The molecule has 0 radical (unpaired) electrons. The van der Waals surface area contributed by atoms with E-state index in [1.54, 1.807) is 0 Å². The molecule has 2 nitrogen and oxygen atoms in total. The van der Waals surface area contributed by atoms with Crippen molar-refractivity contribution in [2.24, 2.45) is 0 Å². The molecule has 0 aliphatic rings. The Labute approximate surface area is 205 Å². The van der Waals surface area contributed by atoms with Crippen LogP contribution in [-0.2, 0) is 0 Å². The maximum Gasteiger partial charge on any atom is 0.195 e. The second-order valence-electron chi connectivity index (χ2n) is 7.65. The average molecular weight is 477 g/mol. The molecule has 0 amide bonds. The monoisotopic (exact) mass is 476 g/mol. The van der Waals surface area contributed by atoms with E-state index in [2.05, 4.69) is 0 Å². The summed E-state index contributed by atoms with van der Waals surface area (Å²) in [5.74, 6) is -0.0343. The first-order valence-electron chi connectivity index (χ1n) is 10.9. The van der Waals surface area contributed by atoms with Crippen molar-refractivity contribution in [3.63, 3.8) is 0 Å². The second kappa shape index (κ2) is 9.96. The Morgan fingerprint density at radius 3 is 0.941 bits per heavy atom. The van der Waals surface area contributed by atoms with Crippen LogP contribution in [0.5, 0.6) is 0 Å². The fourth-order valence-electron chi connectivity index (χ4n) is 3.74. The van der Waals surface area contributed by atoms with Gasteiger partial charge in [0, 0.05) is 11.1 Å². The molecule has 0 aliphatic heterocycles. The van der Waals surface area contributed by atoms with Crippen molar-refractivity contribution in [2.45, 2.75) is 0 Å². The first kappa shape index (κ1) is 22.0. The first-order chi connectivity index (χ1) is 16.7. The summed E-state index contributed by atoms with van der Waals surface area (Å²) in [6.45, 7) is 0. The summed E-state index contributed by atoms with van der Waals surface area (Å²) >= 11 is 3.01. The van der Waals surface area contributed by atoms with Gasteiger partial charge in [-0.1, -0.05) is 121 Å². The van der Waals surface area contributed by atoms with Crippen LogP contribution in [0.1, 0.15) is 31.8 Å². The van der Waals surface area contributed by atoms with Gasteiger partial charge in [-0.2, -0.15) is 0 Å². The number of Topliss-reactive ketones (excluding diaryl/α,β-unsaturated/α-hetero) is 2. The third kappa shape index (κ3) is 4.46. The SMILES string of the molecule is O=C(C(c1ccccc1)=c1sc(=C(C(=O)c2ccccc2)c2ccccc2)s1)c1ccccc1. The highest BCUT2D eigenvalue weighted by Gasteiger charge is 2.21. The van der Waals surface area contributed by atoms with Gasteiger partial charge in [0.15, 0.2) is 11.6 Å². The third-order valence-corrected chi connectivity index (χ3v) is 7.99. The number of carbonyl (C=O) groups excluding carboxylic acids is 2. The molecular formula is C30H20O2S2. The van der Waals surface area contributed by atoms with Crippen LogP contribution in [0.2, 0.25) is 0 Å². The molecule has 4 aromatic carbocycles. The fourth-order valence-corrected chi connectivity index (χ4v) is 6.09. The normalized spacial score (nSPS) is 10.6. The Balaban J connectivity index is 1.72. The summed E-state index contributed by atoms with van der Waals surface area (Å²) in [7, 11) is 0. The van der Waals surface area contributed by atoms with Gasteiger partial charge in [-0.05, 0) is 11.1 Å². The summed E-state index contributed by atoms with van der Waals surface area (Å²) in [5, 5.41) is 0. The maximum atomic E-state index is 13.5. The Hall–Kier alpha value is -3.86. The summed E-state index contributed by atoms with van der Waals surface area (Å²) < 4.78 is 1.81. The van der Waals surface area contributed by atoms with Gasteiger partial charge in [0.2, 0.25) is 0 Å². The highest BCUT2D eigenvalue weighted by atomic mass is 32.2. The molecule has 0 aliphatic carbocycles. The smallest absolute Gasteiger partial charge is 0.195 e. The minimum atomic E-state index is -0.0171. The molecule has 0 saturated heterocycles. The molecule has 0 fully saturated rings. The quantitative estimate of drug-likeness (QED) is 0.283. The van der Waals surface area contributed by atoms with E-state index in [1.165, 1.54) is 22.7 Å². The minimum Gasteiger partial charge on any atom is -0.289 e. The fraction of sp³-hybridized carbons (Fsp3) is 0. The summed E-state index contributed by atoms with van der Waals surface area (Å²) in [6.07, 6.45) is 0. The molecule has 0 spiro atoms. The lowest BCUT2D eigenvalue weighted by molar-refractivity contribution is 0.104. The van der Waals surface area contributed by atoms with Crippen molar-refractivity contribution in [2.75, 3.05) is 0 Å². The van der Waals surface area contributed by atoms with Gasteiger partial charge in [-0.25, -0.2) is 0 Å². The van der Waals surface area contributed by atoms with E-state index in [1.807, 2.05) is 121 Å². The lowest BCUT2D eigenvalue weighted by atomic mass is 9.98. The number of benzene rings is 4. The molecule has 5 aromatic rings.